The van der Waals surface area contributed by atoms with Gasteiger partial charge in [0.1, 0.15) is 11.8 Å². The van der Waals surface area contributed by atoms with Gasteiger partial charge in [-0.15, -0.1) is 0 Å². The van der Waals surface area contributed by atoms with Gasteiger partial charge in [-0.3, -0.25) is 0 Å². The summed E-state index contributed by atoms with van der Waals surface area (Å²) in [6, 6.07) is 0. The lowest BCUT2D eigenvalue weighted by Crippen LogP contribution is -1.97. The van der Waals surface area contributed by atoms with Crippen molar-refractivity contribution in [2.24, 2.45) is 0 Å². The molecule has 0 aliphatic rings. The van der Waals surface area contributed by atoms with Crippen LogP contribution >= 0.6 is 15.9 Å². The summed E-state index contributed by atoms with van der Waals surface area (Å²) in [5, 5.41) is 8.63. The van der Waals surface area contributed by atoms with Crippen LogP contribution in [0.3, 0.4) is 0 Å². The lowest BCUT2D eigenvalue weighted by molar-refractivity contribution is 0.0695. The van der Waals surface area contributed by atoms with E-state index in [4.69, 9.17) is 9.52 Å². The predicted octanol–water partition coefficient (Wildman–Crippen LogP) is 2.30. The highest BCUT2D eigenvalue weighted by atomic mass is 79.9. The number of rotatable bonds is 2. The third-order valence-corrected chi connectivity index (χ3v) is 2.09. The van der Waals surface area contributed by atoms with Crippen molar-refractivity contribution in [3.63, 3.8) is 0 Å². The topological polar surface area (TPSA) is 50.4 Å². The molecule has 0 amide bonds. The van der Waals surface area contributed by atoms with Crippen LogP contribution in [0.15, 0.2) is 15.3 Å². The third-order valence-electron chi connectivity index (χ3n) is 1.43. The molecule has 1 heterocycles. The number of furan rings is 1. The maximum Gasteiger partial charge on any atom is 0.339 e. The third kappa shape index (κ3) is 1.45. The fourth-order valence-electron chi connectivity index (χ4n) is 0.868. The molecule has 0 aliphatic carbocycles. The van der Waals surface area contributed by atoms with Crippen molar-refractivity contribution < 1.29 is 14.3 Å². The number of hydrogen-bond donors (Lipinski definition) is 1. The SMILES string of the molecule is CCc1c(C(=O)O)coc1Br. The molecule has 60 valence electrons. The van der Waals surface area contributed by atoms with Crippen LogP contribution in [0.25, 0.3) is 0 Å². The molecular formula is C7H7BrO3. The molecule has 0 saturated carbocycles. The standard InChI is InChI=1S/C7H7BrO3/c1-2-4-5(7(9)10)3-11-6(4)8/h3H,2H2,1H3,(H,9,10). The van der Waals surface area contributed by atoms with Crippen molar-refractivity contribution in [2.45, 2.75) is 13.3 Å². The number of carbonyl (C=O) groups is 1. The van der Waals surface area contributed by atoms with Crippen LogP contribution in [0.2, 0.25) is 0 Å². The molecule has 1 aromatic rings. The number of aromatic carboxylic acids is 1. The molecule has 0 spiro atoms. The maximum atomic E-state index is 10.5. The summed E-state index contributed by atoms with van der Waals surface area (Å²) >= 11 is 3.12. The van der Waals surface area contributed by atoms with Crippen molar-refractivity contribution >= 4 is 21.9 Å². The summed E-state index contributed by atoms with van der Waals surface area (Å²) in [5.74, 6) is -0.948. The molecule has 0 aromatic carbocycles. The molecule has 4 heteroatoms. The summed E-state index contributed by atoms with van der Waals surface area (Å²) in [7, 11) is 0. The van der Waals surface area contributed by atoms with Crippen LogP contribution in [0.4, 0.5) is 0 Å². The Morgan fingerprint density at radius 3 is 2.82 bits per heavy atom. The fraction of sp³-hybridized carbons (Fsp3) is 0.286. The number of carboxylic acids is 1. The fourth-order valence-corrected chi connectivity index (χ4v) is 1.46. The largest absolute Gasteiger partial charge is 0.478 e. The highest BCUT2D eigenvalue weighted by molar-refractivity contribution is 9.10. The minimum absolute atomic E-state index is 0.236. The van der Waals surface area contributed by atoms with Gasteiger partial charge in [0, 0.05) is 5.56 Å². The van der Waals surface area contributed by atoms with Crippen molar-refractivity contribution in [3.05, 3.63) is 22.1 Å². The summed E-state index contributed by atoms with van der Waals surface area (Å²) in [4.78, 5) is 10.5. The monoisotopic (exact) mass is 218 g/mol. The predicted molar refractivity (Wildman–Crippen MR) is 42.7 cm³/mol. The minimum atomic E-state index is -0.948. The zero-order valence-electron chi connectivity index (χ0n) is 5.93. The first-order valence-electron chi connectivity index (χ1n) is 3.16. The molecule has 1 rings (SSSR count). The first-order valence-corrected chi connectivity index (χ1v) is 3.95. The van der Waals surface area contributed by atoms with Gasteiger partial charge in [-0.05, 0) is 22.4 Å². The van der Waals surface area contributed by atoms with E-state index in [9.17, 15) is 4.79 Å². The molecule has 3 nitrogen and oxygen atoms in total. The molecule has 0 radical (unpaired) electrons. The van der Waals surface area contributed by atoms with Gasteiger partial charge in [-0.25, -0.2) is 4.79 Å². The zero-order valence-corrected chi connectivity index (χ0v) is 7.51. The molecule has 0 bridgehead atoms. The van der Waals surface area contributed by atoms with Crippen LogP contribution in [0, 0.1) is 0 Å². The van der Waals surface area contributed by atoms with Crippen LogP contribution in [-0.4, -0.2) is 11.1 Å². The summed E-state index contributed by atoms with van der Waals surface area (Å²) in [5.41, 5.74) is 0.942. The first-order chi connectivity index (χ1) is 5.16. The van der Waals surface area contributed by atoms with Crippen LogP contribution in [0.5, 0.6) is 0 Å². The van der Waals surface area contributed by atoms with Gasteiger partial charge in [-0.2, -0.15) is 0 Å². The van der Waals surface area contributed by atoms with Crippen molar-refractivity contribution in [1.82, 2.24) is 0 Å². The van der Waals surface area contributed by atoms with E-state index < -0.39 is 5.97 Å². The summed E-state index contributed by atoms with van der Waals surface area (Å²) in [6.45, 7) is 1.88. The van der Waals surface area contributed by atoms with Gasteiger partial charge < -0.3 is 9.52 Å². The highest BCUT2D eigenvalue weighted by Gasteiger charge is 2.14. The summed E-state index contributed by atoms with van der Waals surface area (Å²) in [6.07, 6.45) is 1.89. The molecular weight excluding hydrogens is 212 g/mol. The quantitative estimate of drug-likeness (QED) is 0.830. The van der Waals surface area contributed by atoms with Crippen molar-refractivity contribution in [1.29, 1.82) is 0 Å². The lowest BCUT2D eigenvalue weighted by Gasteiger charge is -1.92. The Bertz CT molecular complexity index is 277. The van der Waals surface area contributed by atoms with Crippen LogP contribution < -0.4 is 0 Å². The van der Waals surface area contributed by atoms with Gasteiger partial charge in [0.2, 0.25) is 0 Å². The van der Waals surface area contributed by atoms with E-state index in [0.717, 1.165) is 0 Å². The van der Waals surface area contributed by atoms with Gasteiger partial charge >= 0.3 is 5.97 Å². The average molecular weight is 219 g/mol. The maximum absolute atomic E-state index is 10.5. The molecule has 0 unspecified atom stereocenters. The van der Waals surface area contributed by atoms with Gasteiger partial charge in [0.25, 0.3) is 0 Å². The van der Waals surface area contributed by atoms with E-state index in [-0.39, 0.29) is 5.56 Å². The normalized spacial score (nSPS) is 10.0. The van der Waals surface area contributed by atoms with E-state index >= 15 is 0 Å². The highest BCUT2D eigenvalue weighted by Crippen LogP contribution is 2.23. The Balaban J connectivity index is 3.15. The molecule has 11 heavy (non-hydrogen) atoms. The first kappa shape index (κ1) is 8.33. The molecule has 0 aliphatic heterocycles. The second-order valence-electron chi connectivity index (χ2n) is 2.06. The Morgan fingerprint density at radius 2 is 2.45 bits per heavy atom. The van der Waals surface area contributed by atoms with Gasteiger partial charge in [0.05, 0.1) is 0 Å². The van der Waals surface area contributed by atoms with E-state index in [1.54, 1.807) is 0 Å². The number of halogens is 1. The van der Waals surface area contributed by atoms with E-state index in [1.165, 1.54) is 6.26 Å². The van der Waals surface area contributed by atoms with E-state index in [1.807, 2.05) is 6.92 Å². The van der Waals surface area contributed by atoms with E-state index in [0.29, 0.717) is 16.7 Å². The van der Waals surface area contributed by atoms with Crippen LogP contribution in [-0.2, 0) is 6.42 Å². The van der Waals surface area contributed by atoms with Gasteiger partial charge in [0.15, 0.2) is 4.67 Å². The smallest absolute Gasteiger partial charge is 0.339 e. The second kappa shape index (κ2) is 3.09. The second-order valence-corrected chi connectivity index (χ2v) is 2.78. The Labute approximate surface area is 72.1 Å². The van der Waals surface area contributed by atoms with E-state index in [2.05, 4.69) is 15.9 Å². The lowest BCUT2D eigenvalue weighted by atomic mass is 10.1. The number of hydrogen-bond acceptors (Lipinski definition) is 2. The molecule has 1 N–H and O–H groups in total. The van der Waals surface area contributed by atoms with Crippen LogP contribution in [0.1, 0.15) is 22.8 Å². The van der Waals surface area contributed by atoms with Crippen molar-refractivity contribution in [3.8, 4) is 0 Å². The average Bonchev–Trinajstić information content (AvgIpc) is 2.30. The zero-order chi connectivity index (χ0) is 8.43. The minimum Gasteiger partial charge on any atom is -0.478 e. The molecule has 0 saturated heterocycles. The summed E-state index contributed by atoms with van der Waals surface area (Å²) < 4.78 is 5.40. The molecule has 0 fully saturated rings. The molecule has 0 atom stereocenters. The molecule has 1 aromatic heterocycles. The Hall–Kier alpha value is -0.770. The van der Waals surface area contributed by atoms with Crippen molar-refractivity contribution in [2.75, 3.05) is 0 Å². The Kier molecular flexibility index (Phi) is 2.34. The van der Waals surface area contributed by atoms with Gasteiger partial charge in [-0.1, -0.05) is 6.92 Å². The number of carboxylic acid groups (broad SMARTS) is 1. The Morgan fingerprint density at radius 1 is 1.82 bits per heavy atom.